The van der Waals surface area contributed by atoms with Crippen molar-refractivity contribution in [2.75, 3.05) is 37.4 Å². The first-order valence-corrected chi connectivity index (χ1v) is 10.4. The number of anilines is 3. The van der Waals surface area contributed by atoms with Gasteiger partial charge in [-0.25, -0.2) is 14.8 Å². The predicted octanol–water partition coefficient (Wildman–Crippen LogP) is 2.11. The first-order valence-electron chi connectivity index (χ1n) is 10.4. The van der Waals surface area contributed by atoms with Gasteiger partial charge < -0.3 is 26.2 Å². The van der Waals surface area contributed by atoms with Crippen molar-refractivity contribution >= 4 is 40.2 Å². The van der Waals surface area contributed by atoms with Crippen molar-refractivity contribution in [3.63, 3.8) is 0 Å². The smallest absolute Gasteiger partial charge is 0.317 e. The van der Waals surface area contributed by atoms with Crippen LogP contribution < -0.4 is 21.3 Å². The van der Waals surface area contributed by atoms with Gasteiger partial charge in [0.15, 0.2) is 11.5 Å². The highest BCUT2D eigenvalue weighted by Crippen LogP contribution is 2.25. The molecule has 4 N–H and O–H groups in total. The minimum atomic E-state index is -0.666. The highest BCUT2D eigenvalue weighted by Gasteiger charge is 2.24. The fourth-order valence-corrected chi connectivity index (χ4v) is 3.69. The molecule has 0 spiro atoms. The van der Waals surface area contributed by atoms with Crippen LogP contribution in [0, 0.1) is 0 Å². The Balaban J connectivity index is 1.58. The number of rotatable bonds is 5. The molecule has 2 aromatic heterocycles. The third-order valence-corrected chi connectivity index (χ3v) is 5.34. The Labute approximate surface area is 185 Å². The van der Waals surface area contributed by atoms with E-state index < -0.39 is 5.91 Å². The topological polar surface area (TPSA) is 129 Å². The van der Waals surface area contributed by atoms with Gasteiger partial charge in [-0.2, -0.15) is 0 Å². The molecule has 0 bridgehead atoms. The Kier molecular flexibility index (Phi) is 6.02. The molecule has 0 saturated carbocycles. The number of carbonyl (C=O) groups excluding carboxylic acids is 2. The normalized spacial score (nSPS) is 15.9. The molecule has 1 aliphatic rings. The number of fused-ring (bicyclic) bond motifs is 1. The number of pyridine rings is 1. The van der Waals surface area contributed by atoms with Crippen molar-refractivity contribution in [3.8, 4) is 0 Å². The third-order valence-electron chi connectivity index (χ3n) is 5.34. The maximum Gasteiger partial charge on any atom is 0.317 e. The van der Waals surface area contributed by atoms with Crippen LogP contribution in [0.3, 0.4) is 0 Å². The highest BCUT2D eigenvalue weighted by atomic mass is 16.2. The quantitative estimate of drug-likeness (QED) is 0.561. The third kappa shape index (κ3) is 4.69. The van der Waals surface area contributed by atoms with Gasteiger partial charge in [0.05, 0.1) is 11.7 Å². The molecular weight excluding hydrogens is 408 g/mol. The van der Waals surface area contributed by atoms with Crippen molar-refractivity contribution in [2.24, 2.45) is 5.73 Å². The van der Waals surface area contributed by atoms with Crippen molar-refractivity contribution in [3.05, 3.63) is 48.4 Å². The monoisotopic (exact) mass is 434 g/mol. The van der Waals surface area contributed by atoms with E-state index in [1.807, 2.05) is 30.3 Å². The number of carbonyl (C=O) groups is 2. The Bertz CT molecular complexity index is 1150. The van der Waals surface area contributed by atoms with Crippen LogP contribution in [0.2, 0.25) is 0 Å². The van der Waals surface area contributed by atoms with Crippen LogP contribution in [0.5, 0.6) is 0 Å². The molecule has 3 aromatic rings. The molecular formula is C22H26N8O2. The molecule has 1 saturated heterocycles. The maximum atomic E-state index is 12.0. The Morgan fingerprint density at radius 2 is 2.06 bits per heavy atom. The van der Waals surface area contributed by atoms with Crippen LogP contribution in [0.15, 0.2) is 42.7 Å². The molecule has 1 aliphatic heterocycles. The summed E-state index contributed by atoms with van der Waals surface area (Å²) in [5.74, 6) is 0.227. The lowest BCUT2D eigenvalue weighted by molar-refractivity contribution is 0.0996. The SMILES string of the molecule is CN(C)C(=O)N[C@@H]1CCCN(c2cnc(C(N)=O)c(Nc3ccc4cccnc4c3)n2)C1. The van der Waals surface area contributed by atoms with Crippen LogP contribution in [-0.2, 0) is 0 Å². The van der Waals surface area contributed by atoms with Gasteiger partial charge in [-0.05, 0) is 31.0 Å². The summed E-state index contributed by atoms with van der Waals surface area (Å²) in [6.07, 6.45) is 5.06. The number of urea groups is 1. The van der Waals surface area contributed by atoms with Gasteiger partial charge in [-0.15, -0.1) is 0 Å². The molecule has 4 rings (SSSR count). The zero-order valence-electron chi connectivity index (χ0n) is 18.1. The van der Waals surface area contributed by atoms with Gasteiger partial charge >= 0.3 is 6.03 Å². The number of benzene rings is 1. The highest BCUT2D eigenvalue weighted by molar-refractivity contribution is 5.96. The largest absolute Gasteiger partial charge is 0.364 e. The minimum Gasteiger partial charge on any atom is -0.364 e. The summed E-state index contributed by atoms with van der Waals surface area (Å²) in [5, 5.41) is 7.19. The predicted molar refractivity (Wildman–Crippen MR) is 123 cm³/mol. The van der Waals surface area contributed by atoms with Gasteiger partial charge in [-0.1, -0.05) is 12.1 Å². The fourth-order valence-electron chi connectivity index (χ4n) is 3.69. The second-order valence-electron chi connectivity index (χ2n) is 7.95. The van der Waals surface area contributed by atoms with E-state index in [0.717, 1.165) is 36.0 Å². The second-order valence-corrected chi connectivity index (χ2v) is 7.95. The van der Waals surface area contributed by atoms with E-state index in [9.17, 15) is 9.59 Å². The van der Waals surface area contributed by atoms with Gasteiger partial charge in [-0.3, -0.25) is 9.78 Å². The van der Waals surface area contributed by atoms with E-state index in [1.54, 1.807) is 26.5 Å². The summed E-state index contributed by atoms with van der Waals surface area (Å²) in [6.45, 7) is 1.38. The van der Waals surface area contributed by atoms with E-state index >= 15 is 0 Å². The van der Waals surface area contributed by atoms with Gasteiger partial charge in [0.1, 0.15) is 5.82 Å². The summed E-state index contributed by atoms with van der Waals surface area (Å²) in [7, 11) is 3.43. The molecule has 3 amide bonds. The number of nitrogens with zero attached hydrogens (tertiary/aromatic N) is 5. The maximum absolute atomic E-state index is 12.0. The molecule has 0 unspecified atom stereocenters. The number of amides is 3. The van der Waals surface area contributed by atoms with E-state index in [0.29, 0.717) is 12.4 Å². The standard InChI is InChI=1S/C22H26N8O2/c1-29(2)22(32)27-16-6-4-10-30(13-16)18-12-25-19(20(23)31)21(28-18)26-15-8-7-14-5-3-9-24-17(14)11-15/h3,5,7-9,11-12,16H,4,6,10,13H2,1-2H3,(H2,23,31)(H,26,28)(H,27,32)/t16-/m1/s1. The average Bonchev–Trinajstić information content (AvgIpc) is 2.79. The minimum absolute atomic E-state index is 0.000705. The molecule has 32 heavy (non-hydrogen) atoms. The summed E-state index contributed by atoms with van der Waals surface area (Å²) in [4.78, 5) is 40.8. The molecule has 1 aromatic carbocycles. The lowest BCUT2D eigenvalue weighted by Gasteiger charge is -2.34. The van der Waals surface area contributed by atoms with E-state index in [4.69, 9.17) is 5.73 Å². The molecule has 166 valence electrons. The number of primary amides is 1. The van der Waals surface area contributed by atoms with E-state index in [1.165, 1.54) is 4.90 Å². The Morgan fingerprint density at radius 3 is 2.84 bits per heavy atom. The van der Waals surface area contributed by atoms with E-state index in [-0.39, 0.29) is 23.6 Å². The summed E-state index contributed by atoms with van der Waals surface area (Å²) in [6, 6.07) is 9.43. The molecule has 10 nitrogen and oxygen atoms in total. The Morgan fingerprint density at radius 1 is 1.22 bits per heavy atom. The lowest BCUT2D eigenvalue weighted by atomic mass is 10.1. The van der Waals surface area contributed by atoms with Crippen LogP contribution in [0.4, 0.5) is 22.1 Å². The number of nitrogens with one attached hydrogen (secondary N) is 2. The van der Waals surface area contributed by atoms with Crippen molar-refractivity contribution < 1.29 is 9.59 Å². The molecule has 0 radical (unpaired) electrons. The molecule has 1 fully saturated rings. The summed E-state index contributed by atoms with van der Waals surface area (Å²) in [5.41, 5.74) is 7.13. The summed E-state index contributed by atoms with van der Waals surface area (Å²) < 4.78 is 0. The summed E-state index contributed by atoms with van der Waals surface area (Å²) >= 11 is 0. The number of nitrogens with two attached hydrogens (primary N) is 1. The zero-order chi connectivity index (χ0) is 22.7. The van der Waals surface area contributed by atoms with Crippen molar-refractivity contribution in [1.29, 1.82) is 0 Å². The molecule has 3 heterocycles. The number of hydrogen-bond acceptors (Lipinski definition) is 7. The van der Waals surface area contributed by atoms with Crippen LogP contribution in [0.1, 0.15) is 23.3 Å². The number of aromatic nitrogens is 3. The van der Waals surface area contributed by atoms with Gasteiger partial charge in [0.2, 0.25) is 0 Å². The molecule has 0 aliphatic carbocycles. The van der Waals surface area contributed by atoms with Crippen molar-refractivity contribution in [2.45, 2.75) is 18.9 Å². The van der Waals surface area contributed by atoms with Crippen LogP contribution in [0.25, 0.3) is 10.9 Å². The van der Waals surface area contributed by atoms with Crippen LogP contribution >= 0.6 is 0 Å². The van der Waals surface area contributed by atoms with Gasteiger partial charge in [0, 0.05) is 50.5 Å². The second kappa shape index (κ2) is 9.04. The first-order chi connectivity index (χ1) is 15.4. The average molecular weight is 435 g/mol. The lowest BCUT2D eigenvalue weighted by Crippen LogP contribution is -2.50. The number of hydrogen-bond donors (Lipinski definition) is 3. The molecule has 1 atom stereocenters. The van der Waals surface area contributed by atoms with Crippen LogP contribution in [-0.4, -0.2) is 65.0 Å². The van der Waals surface area contributed by atoms with E-state index in [2.05, 4.69) is 30.5 Å². The van der Waals surface area contributed by atoms with Crippen molar-refractivity contribution in [1.82, 2.24) is 25.2 Å². The zero-order valence-corrected chi connectivity index (χ0v) is 18.1. The molecule has 10 heteroatoms. The number of piperidine rings is 1. The first kappa shape index (κ1) is 21.3. The Hall–Kier alpha value is -3.95. The fraction of sp³-hybridized carbons (Fsp3) is 0.318. The van der Waals surface area contributed by atoms with Gasteiger partial charge in [0.25, 0.3) is 5.91 Å².